The highest BCUT2D eigenvalue weighted by molar-refractivity contribution is 5.99. The highest BCUT2D eigenvalue weighted by Gasteiger charge is 2.25. The third-order valence-electron chi connectivity index (χ3n) is 4.63. The van der Waals surface area contributed by atoms with E-state index in [1.165, 1.54) is 11.1 Å². The molecule has 1 saturated carbocycles. The van der Waals surface area contributed by atoms with Crippen molar-refractivity contribution >= 4 is 16.8 Å². The molecule has 2 aromatic rings. The van der Waals surface area contributed by atoms with Gasteiger partial charge in [0.1, 0.15) is 5.69 Å². The van der Waals surface area contributed by atoms with E-state index in [1.807, 2.05) is 6.07 Å². The maximum Gasteiger partial charge on any atom is 0.265 e. The third-order valence-corrected chi connectivity index (χ3v) is 4.63. The second kappa shape index (κ2) is 5.19. The van der Waals surface area contributed by atoms with Gasteiger partial charge in [-0.25, -0.2) is 0 Å². The summed E-state index contributed by atoms with van der Waals surface area (Å²) in [5, 5.41) is 1.11. The number of aryl methyl sites for hydroxylation is 2. The molecule has 0 bridgehead atoms. The number of aromatic nitrogens is 1. The molecular formula is C17H23N3O. The van der Waals surface area contributed by atoms with E-state index in [1.54, 1.807) is 0 Å². The number of fused-ring (bicyclic) bond motifs is 1. The van der Waals surface area contributed by atoms with Crippen molar-refractivity contribution in [2.45, 2.75) is 51.6 Å². The Balaban J connectivity index is 2.18. The quantitative estimate of drug-likeness (QED) is 0.890. The van der Waals surface area contributed by atoms with Crippen molar-refractivity contribution < 1.29 is 4.79 Å². The summed E-state index contributed by atoms with van der Waals surface area (Å²) in [5.41, 5.74) is 15.8. The summed E-state index contributed by atoms with van der Waals surface area (Å²) in [4.78, 5) is 11.9. The number of amides is 1. The molecule has 0 radical (unpaired) electrons. The van der Waals surface area contributed by atoms with Crippen LogP contribution in [0.3, 0.4) is 0 Å². The lowest BCUT2D eigenvalue weighted by Gasteiger charge is -2.29. The summed E-state index contributed by atoms with van der Waals surface area (Å²) in [6, 6.07) is 6.85. The molecule has 1 aromatic carbocycles. The molecule has 1 fully saturated rings. The summed E-state index contributed by atoms with van der Waals surface area (Å²) in [7, 11) is 0. The van der Waals surface area contributed by atoms with Crippen molar-refractivity contribution in [3.05, 3.63) is 35.0 Å². The van der Waals surface area contributed by atoms with Gasteiger partial charge in [-0.2, -0.15) is 0 Å². The maximum atomic E-state index is 11.9. The molecule has 21 heavy (non-hydrogen) atoms. The lowest BCUT2D eigenvalue weighted by atomic mass is 9.91. The van der Waals surface area contributed by atoms with Crippen molar-refractivity contribution in [2.75, 3.05) is 0 Å². The van der Waals surface area contributed by atoms with Gasteiger partial charge in [0.25, 0.3) is 5.91 Å². The molecule has 1 aromatic heterocycles. The van der Waals surface area contributed by atoms with Gasteiger partial charge in [0, 0.05) is 17.5 Å². The molecule has 0 unspecified atom stereocenters. The fraction of sp³-hybridized carbons (Fsp3) is 0.471. The van der Waals surface area contributed by atoms with Crippen LogP contribution in [0.4, 0.5) is 0 Å². The summed E-state index contributed by atoms with van der Waals surface area (Å²) >= 11 is 0. The molecule has 1 heterocycles. The predicted molar refractivity (Wildman–Crippen MR) is 85.4 cm³/mol. The van der Waals surface area contributed by atoms with Crippen molar-refractivity contribution in [3.63, 3.8) is 0 Å². The van der Waals surface area contributed by atoms with Crippen molar-refractivity contribution in [1.82, 2.24) is 4.57 Å². The second-order valence-electron chi connectivity index (χ2n) is 6.35. The minimum absolute atomic E-state index is 0.295. The Morgan fingerprint density at radius 2 is 1.81 bits per heavy atom. The van der Waals surface area contributed by atoms with E-state index >= 15 is 0 Å². The SMILES string of the molecule is Cc1cc(C)c2c(c1)cc(C(N)=O)n2C1CCC(N)CC1. The number of carbonyl (C=O) groups excluding carboxylic acids is 1. The molecule has 112 valence electrons. The number of nitrogens with two attached hydrogens (primary N) is 2. The third kappa shape index (κ3) is 2.44. The highest BCUT2D eigenvalue weighted by Crippen LogP contribution is 2.35. The summed E-state index contributed by atoms with van der Waals surface area (Å²) < 4.78 is 2.16. The number of primary amides is 1. The maximum absolute atomic E-state index is 11.9. The lowest BCUT2D eigenvalue weighted by molar-refractivity contribution is 0.0988. The minimum atomic E-state index is -0.349. The first kappa shape index (κ1) is 14.1. The molecule has 0 saturated heterocycles. The van der Waals surface area contributed by atoms with Gasteiger partial charge in [-0.15, -0.1) is 0 Å². The van der Waals surface area contributed by atoms with Gasteiger partial charge in [-0.1, -0.05) is 11.6 Å². The molecule has 1 amide bonds. The van der Waals surface area contributed by atoms with Crippen molar-refractivity contribution in [2.24, 2.45) is 11.5 Å². The smallest absolute Gasteiger partial charge is 0.265 e. The first-order valence-corrected chi connectivity index (χ1v) is 7.65. The highest BCUT2D eigenvalue weighted by atomic mass is 16.1. The Morgan fingerprint density at radius 3 is 2.43 bits per heavy atom. The van der Waals surface area contributed by atoms with E-state index in [-0.39, 0.29) is 5.91 Å². The predicted octanol–water partition coefficient (Wildman–Crippen LogP) is 2.80. The zero-order valence-electron chi connectivity index (χ0n) is 12.7. The van der Waals surface area contributed by atoms with Gasteiger partial charge in [-0.05, 0) is 57.2 Å². The topological polar surface area (TPSA) is 74.0 Å². The van der Waals surface area contributed by atoms with Crippen LogP contribution in [0.25, 0.3) is 10.9 Å². The Labute approximate surface area is 125 Å². The van der Waals surface area contributed by atoms with E-state index in [9.17, 15) is 4.79 Å². The monoisotopic (exact) mass is 285 g/mol. The molecule has 3 rings (SSSR count). The Bertz CT molecular complexity index is 694. The summed E-state index contributed by atoms with van der Waals surface area (Å²) in [6.07, 6.45) is 4.04. The van der Waals surface area contributed by atoms with Gasteiger partial charge in [0.15, 0.2) is 0 Å². The molecule has 0 atom stereocenters. The van der Waals surface area contributed by atoms with E-state index in [4.69, 9.17) is 11.5 Å². The van der Waals surface area contributed by atoms with Gasteiger partial charge >= 0.3 is 0 Å². The molecule has 0 aliphatic heterocycles. The number of hydrogen-bond donors (Lipinski definition) is 2. The summed E-state index contributed by atoms with van der Waals surface area (Å²) in [6.45, 7) is 4.18. The van der Waals surface area contributed by atoms with Gasteiger partial charge < -0.3 is 16.0 Å². The van der Waals surface area contributed by atoms with E-state index < -0.39 is 0 Å². The molecule has 4 nitrogen and oxygen atoms in total. The lowest BCUT2D eigenvalue weighted by Crippen LogP contribution is -2.29. The standard InChI is InChI=1S/C17H23N3O/c1-10-7-11(2)16-12(8-10)9-15(17(19)21)20(16)14-5-3-13(18)4-6-14/h7-9,13-14H,3-6,18H2,1-2H3,(H2,19,21). The number of rotatable bonds is 2. The zero-order chi connectivity index (χ0) is 15.1. The van der Waals surface area contributed by atoms with E-state index in [0.717, 1.165) is 36.6 Å². The van der Waals surface area contributed by atoms with Crippen molar-refractivity contribution in [3.8, 4) is 0 Å². The van der Waals surface area contributed by atoms with Gasteiger partial charge in [-0.3, -0.25) is 4.79 Å². The largest absolute Gasteiger partial charge is 0.364 e. The van der Waals surface area contributed by atoms with Crippen LogP contribution in [0.1, 0.15) is 53.3 Å². The fourth-order valence-corrected chi connectivity index (χ4v) is 3.70. The Hall–Kier alpha value is -1.81. The normalized spacial score (nSPS) is 22.6. The van der Waals surface area contributed by atoms with E-state index in [2.05, 4.69) is 30.5 Å². The second-order valence-corrected chi connectivity index (χ2v) is 6.35. The van der Waals surface area contributed by atoms with Crippen LogP contribution in [0.5, 0.6) is 0 Å². The van der Waals surface area contributed by atoms with Crippen LogP contribution in [0.2, 0.25) is 0 Å². The van der Waals surface area contributed by atoms with Crippen LogP contribution < -0.4 is 11.5 Å². The number of benzene rings is 1. The molecule has 4 heteroatoms. The number of hydrogen-bond acceptors (Lipinski definition) is 2. The molecule has 0 spiro atoms. The molecular weight excluding hydrogens is 262 g/mol. The molecule has 1 aliphatic rings. The summed E-state index contributed by atoms with van der Waals surface area (Å²) in [5.74, 6) is -0.349. The van der Waals surface area contributed by atoms with E-state index in [0.29, 0.717) is 17.8 Å². The van der Waals surface area contributed by atoms with Crippen LogP contribution in [-0.4, -0.2) is 16.5 Å². The van der Waals surface area contributed by atoms with Gasteiger partial charge in [0.05, 0.1) is 5.52 Å². The minimum Gasteiger partial charge on any atom is -0.364 e. The Morgan fingerprint density at radius 1 is 1.14 bits per heavy atom. The average Bonchev–Trinajstić information content (AvgIpc) is 2.79. The van der Waals surface area contributed by atoms with Crippen LogP contribution in [-0.2, 0) is 0 Å². The fourth-order valence-electron chi connectivity index (χ4n) is 3.70. The average molecular weight is 285 g/mol. The van der Waals surface area contributed by atoms with Crippen LogP contribution >= 0.6 is 0 Å². The first-order valence-electron chi connectivity index (χ1n) is 7.65. The zero-order valence-corrected chi connectivity index (χ0v) is 12.7. The molecule has 1 aliphatic carbocycles. The number of carbonyl (C=O) groups is 1. The molecule has 4 N–H and O–H groups in total. The Kier molecular flexibility index (Phi) is 3.49. The van der Waals surface area contributed by atoms with Crippen molar-refractivity contribution in [1.29, 1.82) is 0 Å². The first-order chi connectivity index (χ1) is 9.97. The van der Waals surface area contributed by atoms with Crippen LogP contribution in [0, 0.1) is 13.8 Å². The van der Waals surface area contributed by atoms with Crippen LogP contribution in [0.15, 0.2) is 18.2 Å². The van der Waals surface area contributed by atoms with Gasteiger partial charge in [0.2, 0.25) is 0 Å². The number of nitrogens with zero attached hydrogens (tertiary/aromatic N) is 1.